The minimum absolute atomic E-state index is 0.183. The number of ether oxygens (including phenoxy) is 3. The van der Waals surface area contributed by atoms with Gasteiger partial charge < -0.3 is 18.8 Å². The summed E-state index contributed by atoms with van der Waals surface area (Å²) in [6.07, 6.45) is 3.74. The van der Waals surface area contributed by atoms with Gasteiger partial charge in [0, 0.05) is 27.1 Å². The molecule has 2 aromatic heterocycles. The van der Waals surface area contributed by atoms with Crippen molar-refractivity contribution in [2.45, 2.75) is 26.8 Å². The number of thiazole rings is 1. The fourth-order valence-electron chi connectivity index (χ4n) is 4.76. The lowest BCUT2D eigenvalue weighted by molar-refractivity contribution is -0.139. The molecule has 5 rings (SSSR count). The molecule has 11 heteroatoms. The monoisotopic (exact) mass is 655 g/mol. The first-order valence-electron chi connectivity index (χ1n) is 12.9. The standard InChI is InChI=1S/C30H27BrClN3O5S/c1-5-39-24-16-22(31)21(15-23(24)38-4)27-26(29(37)40-6-2)17(3)33-30-35(27)28(36)25(41-30)14-20-8-7-13-34(20)19-11-9-18(32)10-12-19/h7-16,27H,5-6H2,1-4H3/b25-14+/t27-/m1/s1. The van der Waals surface area contributed by atoms with E-state index in [-0.39, 0.29) is 17.7 Å². The van der Waals surface area contributed by atoms with Crippen LogP contribution in [-0.4, -0.2) is 35.4 Å². The Morgan fingerprint density at radius 2 is 1.90 bits per heavy atom. The molecule has 41 heavy (non-hydrogen) atoms. The molecule has 0 saturated carbocycles. The van der Waals surface area contributed by atoms with Gasteiger partial charge in [0.1, 0.15) is 0 Å². The van der Waals surface area contributed by atoms with Gasteiger partial charge in [-0.1, -0.05) is 38.9 Å². The molecule has 212 valence electrons. The summed E-state index contributed by atoms with van der Waals surface area (Å²) < 4.78 is 21.4. The van der Waals surface area contributed by atoms with Gasteiger partial charge >= 0.3 is 5.97 Å². The number of carbonyl (C=O) groups is 1. The molecular formula is C30H27BrClN3O5S. The number of fused-ring (bicyclic) bond motifs is 1. The summed E-state index contributed by atoms with van der Waals surface area (Å²) in [5.74, 6) is 0.481. The Hall–Kier alpha value is -3.60. The van der Waals surface area contributed by atoms with Crippen molar-refractivity contribution in [3.63, 3.8) is 0 Å². The van der Waals surface area contributed by atoms with Crippen LogP contribution in [0, 0.1) is 0 Å². The molecule has 4 aromatic rings. The van der Waals surface area contributed by atoms with E-state index in [1.165, 1.54) is 11.3 Å². The smallest absolute Gasteiger partial charge is 0.338 e. The molecule has 0 fully saturated rings. The lowest BCUT2D eigenvalue weighted by Crippen LogP contribution is -2.40. The molecule has 0 spiro atoms. The number of hydrogen-bond acceptors (Lipinski definition) is 7. The zero-order valence-electron chi connectivity index (χ0n) is 22.8. The van der Waals surface area contributed by atoms with Crippen LogP contribution < -0.4 is 24.4 Å². The molecule has 0 bridgehead atoms. The van der Waals surface area contributed by atoms with Crippen molar-refractivity contribution in [2.24, 2.45) is 4.99 Å². The topological polar surface area (TPSA) is 84.1 Å². The van der Waals surface area contributed by atoms with Crippen molar-refractivity contribution in [1.82, 2.24) is 9.13 Å². The number of benzene rings is 2. The number of esters is 1. The van der Waals surface area contributed by atoms with E-state index in [4.69, 9.17) is 25.8 Å². The zero-order valence-corrected chi connectivity index (χ0v) is 26.0. The number of methoxy groups -OCH3 is 1. The summed E-state index contributed by atoms with van der Waals surface area (Å²) in [6, 6.07) is 14.0. The number of aromatic nitrogens is 2. The third-order valence-corrected chi connectivity index (χ3v) is 8.48. The molecular weight excluding hydrogens is 630 g/mol. The minimum atomic E-state index is -0.811. The molecule has 0 saturated heterocycles. The van der Waals surface area contributed by atoms with E-state index in [1.54, 1.807) is 37.7 Å². The number of allylic oxidation sites excluding steroid dienone is 1. The highest BCUT2D eigenvalue weighted by Gasteiger charge is 2.35. The lowest BCUT2D eigenvalue weighted by atomic mass is 9.95. The van der Waals surface area contributed by atoms with Crippen LogP contribution in [0.3, 0.4) is 0 Å². The Kier molecular flexibility index (Phi) is 8.53. The Morgan fingerprint density at radius 1 is 1.15 bits per heavy atom. The zero-order chi connectivity index (χ0) is 29.3. The van der Waals surface area contributed by atoms with Gasteiger partial charge in [-0.25, -0.2) is 9.79 Å². The quantitative estimate of drug-likeness (QED) is 0.237. The first-order chi connectivity index (χ1) is 19.8. The summed E-state index contributed by atoms with van der Waals surface area (Å²) in [7, 11) is 1.55. The van der Waals surface area contributed by atoms with Crippen molar-refractivity contribution in [1.29, 1.82) is 0 Å². The summed E-state index contributed by atoms with van der Waals surface area (Å²) in [5, 5.41) is 0.639. The van der Waals surface area contributed by atoms with Crippen molar-refractivity contribution >= 4 is 50.9 Å². The van der Waals surface area contributed by atoms with E-state index in [0.717, 1.165) is 11.4 Å². The van der Waals surface area contributed by atoms with Crippen LogP contribution in [-0.2, 0) is 9.53 Å². The summed E-state index contributed by atoms with van der Waals surface area (Å²) in [5.41, 5.74) is 2.82. The van der Waals surface area contributed by atoms with Gasteiger partial charge in [0.2, 0.25) is 0 Å². The second-order valence-electron chi connectivity index (χ2n) is 9.04. The number of halogens is 2. The SMILES string of the molecule is CCOC(=O)C1=C(C)N=c2s/c(=C/c3cccn3-c3ccc(Cl)cc3)c(=O)n2[C@@H]1c1cc(OC)c(OCC)cc1Br. The van der Waals surface area contributed by atoms with Crippen molar-refractivity contribution in [3.05, 3.63) is 106 Å². The van der Waals surface area contributed by atoms with Crippen molar-refractivity contribution in [2.75, 3.05) is 20.3 Å². The van der Waals surface area contributed by atoms with Crippen LogP contribution in [0.2, 0.25) is 5.02 Å². The molecule has 0 N–H and O–H groups in total. The van der Waals surface area contributed by atoms with Gasteiger partial charge in [-0.15, -0.1) is 0 Å². The number of rotatable bonds is 8. The predicted octanol–water partition coefficient (Wildman–Crippen LogP) is 5.41. The molecule has 1 aliphatic heterocycles. The molecule has 0 radical (unpaired) electrons. The Bertz CT molecular complexity index is 1840. The summed E-state index contributed by atoms with van der Waals surface area (Å²) in [6.45, 7) is 6.00. The second-order valence-corrected chi connectivity index (χ2v) is 11.3. The van der Waals surface area contributed by atoms with Crippen LogP contribution >= 0.6 is 38.9 Å². The van der Waals surface area contributed by atoms with E-state index >= 15 is 0 Å². The maximum Gasteiger partial charge on any atom is 0.338 e. The predicted molar refractivity (Wildman–Crippen MR) is 163 cm³/mol. The second kappa shape index (κ2) is 12.1. The van der Waals surface area contributed by atoms with Crippen LogP contribution in [0.5, 0.6) is 11.5 Å². The van der Waals surface area contributed by atoms with E-state index < -0.39 is 12.0 Å². The van der Waals surface area contributed by atoms with Gasteiger partial charge in [0.15, 0.2) is 16.3 Å². The lowest BCUT2D eigenvalue weighted by Gasteiger charge is -2.26. The summed E-state index contributed by atoms with van der Waals surface area (Å²) in [4.78, 5) is 32.5. The van der Waals surface area contributed by atoms with Crippen LogP contribution in [0.25, 0.3) is 11.8 Å². The fraction of sp³-hybridized carbons (Fsp3) is 0.233. The number of nitrogens with zero attached hydrogens (tertiary/aromatic N) is 3. The van der Waals surface area contributed by atoms with E-state index in [2.05, 4.69) is 20.9 Å². The highest BCUT2D eigenvalue weighted by Crippen LogP contribution is 2.41. The molecule has 3 heterocycles. The number of hydrogen-bond donors (Lipinski definition) is 0. The fourth-order valence-corrected chi connectivity index (χ4v) is 6.45. The number of carbonyl (C=O) groups excluding carboxylic acids is 1. The first-order valence-corrected chi connectivity index (χ1v) is 14.9. The summed E-state index contributed by atoms with van der Waals surface area (Å²) >= 11 is 11.0. The molecule has 0 aliphatic carbocycles. The van der Waals surface area contributed by atoms with E-state index in [1.807, 2.05) is 60.2 Å². The molecule has 1 atom stereocenters. The van der Waals surface area contributed by atoms with E-state index in [9.17, 15) is 9.59 Å². The highest BCUT2D eigenvalue weighted by atomic mass is 79.9. The largest absolute Gasteiger partial charge is 0.493 e. The van der Waals surface area contributed by atoms with Crippen molar-refractivity contribution < 1.29 is 19.0 Å². The van der Waals surface area contributed by atoms with Crippen molar-refractivity contribution in [3.8, 4) is 17.2 Å². The third kappa shape index (κ3) is 5.51. The average molecular weight is 657 g/mol. The maximum atomic E-state index is 14.1. The first kappa shape index (κ1) is 28.9. The van der Waals surface area contributed by atoms with Crippen LogP contribution in [0.1, 0.15) is 38.1 Å². The molecule has 8 nitrogen and oxygen atoms in total. The van der Waals surface area contributed by atoms with Gasteiger partial charge in [-0.3, -0.25) is 9.36 Å². The Morgan fingerprint density at radius 3 is 2.59 bits per heavy atom. The third-order valence-electron chi connectivity index (χ3n) is 6.56. The van der Waals surface area contributed by atoms with Gasteiger partial charge in [0.25, 0.3) is 5.56 Å². The molecule has 1 aliphatic rings. The Balaban J connectivity index is 1.73. The van der Waals surface area contributed by atoms with E-state index in [0.29, 0.717) is 48.2 Å². The molecule has 0 unspecified atom stereocenters. The maximum absolute atomic E-state index is 14.1. The van der Waals surface area contributed by atoms with Crippen LogP contribution in [0.4, 0.5) is 0 Å². The van der Waals surface area contributed by atoms with Gasteiger partial charge in [-0.05, 0) is 80.9 Å². The normalized spacial score (nSPS) is 15.0. The van der Waals surface area contributed by atoms with Gasteiger partial charge in [-0.2, -0.15) is 0 Å². The van der Waals surface area contributed by atoms with Gasteiger partial charge in [0.05, 0.1) is 42.2 Å². The average Bonchev–Trinajstić information content (AvgIpc) is 3.53. The minimum Gasteiger partial charge on any atom is -0.493 e. The highest BCUT2D eigenvalue weighted by molar-refractivity contribution is 9.10. The molecule has 0 amide bonds. The molecule has 2 aromatic carbocycles. The Labute approximate surface area is 253 Å². The van der Waals surface area contributed by atoms with Crippen LogP contribution in [0.15, 0.2) is 80.3 Å².